The summed E-state index contributed by atoms with van der Waals surface area (Å²) in [4.78, 5) is 40.2. The average Bonchev–Trinajstić information content (AvgIpc) is 2.97. The second-order valence-corrected chi connectivity index (χ2v) is 9.49. The summed E-state index contributed by atoms with van der Waals surface area (Å²) in [6, 6.07) is 2.41. The van der Waals surface area contributed by atoms with Crippen LogP contribution in [-0.4, -0.2) is 58.2 Å². The number of rotatable bonds is 3. The summed E-state index contributed by atoms with van der Waals surface area (Å²) < 4.78 is 14.8. The number of imide groups is 1. The molecule has 3 aliphatic heterocycles. The fourth-order valence-corrected chi connectivity index (χ4v) is 4.62. The van der Waals surface area contributed by atoms with E-state index >= 15 is 0 Å². The molecule has 0 bridgehead atoms. The van der Waals surface area contributed by atoms with Crippen molar-refractivity contribution in [1.82, 2.24) is 15.1 Å². The van der Waals surface area contributed by atoms with Gasteiger partial charge in [-0.1, -0.05) is 0 Å². The van der Waals surface area contributed by atoms with Crippen molar-refractivity contribution in [3.8, 4) is 0 Å². The van der Waals surface area contributed by atoms with Gasteiger partial charge in [0.2, 0.25) is 11.8 Å². The van der Waals surface area contributed by atoms with Gasteiger partial charge in [0.25, 0.3) is 5.91 Å². The van der Waals surface area contributed by atoms with Gasteiger partial charge in [-0.2, -0.15) is 0 Å². The van der Waals surface area contributed by atoms with Crippen molar-refractivity contribution in [1.29, 1.82) is 0 Å². The Bertz CT molecular complexity index is 895. The molecule has 3 aliphatic rings. The third-order valence-corrected chi connectivity index (χ3v) is 6.34. The first kappa shape index (κ1) is 20.8. The van der Waals surface area contributed by atoms with Crippen LogP contribution < -0.4 is 10.6 Å². The Kier molecular flexibility index (Phi) is 5.30. The summed E-state index contributed by atoms with van der Waals surface area (Å²) in [6.45, 7) is 8.65. The predicted molar refractivity (Wildman–Crippen MR) is 110 cm³/mol. The summed E-state index contributed by atoms with van der Waals surface area (Å²) >= 11 is 0. The molecule has 0 spiro atoms. The number of hydrogen-bond acceptors (Lipinski definition) is 5. The minimum Gasteiger partial charge on any atom is -0.379 e. The molecule has 2 N–H and O–H groups in total. The Morgan fingerprint density at radius 3 is 2.63 bits per heavy atom. The maximum atomic E-state index is 14.8. The van der Waals surface area contributed by atoms with Crippen molar-refractivity contribution in [2.75, 3.05) is 18.4 Å². The normalized spacial score (nSPS) is 25.3. The van der Waals surface area contributed by atoms with Gasteiger partial charge in [0.1, 0.15) is 11.9 Å². The number of hydrogen-bond donors (Lipinski definition) is 2. The highest BCUT2D eigenvalue weighted by atomic mass is 19.1. The second kappa shape index (κ2) is 7.65. The monoisotopic (exact) mass is 416 g/mol. The van der Waals surface area contributed by atoms with Gasteiger partial charge in [0.15, 0.2) is 0 Å². The number of nitrogens with zero attached hydrogens (tertiary/aromatic N) is 2. The van der Waals surface area contributed by atoms with Crippen molar-refractivity contribution in [2.45, 2.75) is 70.6 Å². The van der Waals surface area contributed by atoms with E-state index in [9.17, 15) is 18.8 Å². The molecular formula is C22H29FN4O3. The number of amides is 3. The number of benzene rings is 1. The standard InChI is InChI=1S/C22H29FN4O3/c1-22(2,3)26-8-4-5-14(12-26)24-17-9-13-11-27(21(30)15(13)10-16(17)23)18-6-7-19(28)25-20(18)29/h9-10,14,18,24H,4-8,11-12H2,1-3H3,(H,25,28,29)/t14-,18?/m0/s1. The topological polar surface area (TPSA) is 81.8 Å². The lowest BCUT2D eigenvalue weighted by atomic mass is 9.98. The van der Waals surface area contributed by atoms with E-state index in [0.29, 0.717) is 23.2 Å². The highest BCUT2D eigenvalue weighted by molar-refractivity contribution is 6.05. The highest BCUT2D eigenvalue weighted by Crippen LogP contribution is 2.32. The van der Waals surface area contributed by atoms with Gasteiger partial charge in [0, 0.05) is 36.7 Å². The van der Waals surface area contributed by atoms with E-state index in [2.05, 4.69) is 36.3 Å². The van der Waals surface area contributed by atoms with Crippen LogP contribution in [0.25, 0.3) is 0 Å². The van der Waals surface area contributed by atoms with E-state index in [4.69, 9.17) is 0 Å². The zero-order valence-corrected chi connectivity index (χ0v) is 17.8. The summed E-state index contributed by atoms with van der Waals surface area (Å²) in [5.41, 5.74) is 1.46. The zero-order chi connectivity index (χ0) is 21.6. The quantitative estimate of drug-likeness (QED) is 0.739. The van der Waals surface area contributed by atoms with Crippen LogP contribution in [0.4, 0.5) is 10.1 Å². The number of nitrogens with one attached hydrogen (secondary N) is 2. The van der Waals surface area contributed by atoms with E-state index < -0.39 is 17.8 Å². The molecule has 30 heavy (non-hydrogen) atoms. The fourth-order valence-electron chi connectivity index (χ4n) is 4.62. The van der Waals surface area contributed by atoms with Gasteiger partial charge >= 0.3 is 0 Å². The molecule has 3 heterocycles. The number of likely N-dealkylation sites (tertiary alicyclic amines) is 1. The Hall–Kier alpha value is -2.48. The minimum atomic E-state index is -0.694. The number of piperidine rings is 2. The third kappa shape index (κ3) is 3.93. The SMILES string of the molecule is CC(C)(C)N1CCC[C@H](Nc2cc3c(cc2F)C(=O)N(C2CCC(=O)NC2=O)C3)C1. The highest BCUT2D eigenvalue weighted by Gasteiger charge is 2.39. The van der Waals surface area contributed by atoms with Gasteiger partial charge in [-0.3, -0.25) is 24.6 Å². The van der Waals surface area contributed by atoms with Crippen molar-refractivity contribution in [3.63, 3.8) is 0 Å². The van der Waals surface area contributed by atoms with Crippen molar-refractivity contribution in [2.24, 2.45) is 0 Å². The lowest BCUT2D eigenvalue weighted by Crippen LogP contribution is -2.52. The summed E-state index contributed by atoms with van der Waals surface area (Å²) in [5, 5.41) is 5.62. The van der Waals surface area contributed by atoms with Crippen LogP contribution >= 0.6 is 0 Å². The molecule has 2 saturated heterocycles. The van der Waals surface area contributed by atoms with Crippen molar-refractivity contribution in [3.05, 3.63) is 29.1 Å². The maximum absolute atomic E-state index is 14.8. The molecule has 0 aliphatic carbocycles. The molecule has 1 aromatic rings. The largest absolute Gasteiger partial charge is 0.379 e. The number of fused-ring (bicyclic) bond motifs is 1. The van der Waals surface area contributed by atoms with Gasteiger partial charge in [-0.05, 0) is 64.3 Å². The fraction of sp³-hybridized carbons (Fsp3) is 0.591. The lowest BCUT2D eigenvalue weighted by Gasteiger charge is -2.42. The summed E-state index contributed by atoms with van der Waals surface area (Å²) in [6.07, 6.45) is 2.50. The van der Waals surface area contributed by atoms with Crippen LogP contribution in [0, 0.1) is 5.82 Å². The maximum Gasteiger partial charge on any atom is 0.255 e. The van der Waals surface area contributed by atoms with Crippen LogP contribution in [0.2, 0.25) is 0 Å². The van der Waals surface area contributed by atoms with E-state index in [0.717, 1.165) is 25.9 Å². The van der Waals surface area contributed by atoms with Gasteiger partial charge in [-0.15, -0.1) is 0 Å². The molecule has 162 valence electrons. The van der Waals surface area contributed by atoms with E-state index in [-0.39, 0.29) is 36.4 Å². The van der Waals surface area contributed by atoms with Crippen LogP contribution in [0.3, 0.4) is 0 Å². The van der Waals surface area contributed by atoms with Crippen LogP contribution in [-0.2, 0) is 16.1 Å². The molecular weight excluding hydrogens is 387 g/mol. The number of anilines is 1. The third-order valence-electron chi connectivity index (χ3n) is 6.34. The molecule has 0 radical (unpaired) electrons. The van der Waals surface area contributed by atoms with Gasteiger partial charge in [-0.25, -0.2) is 4.39 Å². The molecule has 3 amide bonds. The average molecular weight is 416 g/mol. The zero-order valence-electron chi connectivity index (χ0n) is 17.8. The molecule has 0 saturated carbocycles. The van der Waals surface area contributed by atoms with Gasteiger partial charge < -0.3 is 10.2 Å². The molecule has 2 atom stereocenters. The number of carbonyl (C=O) groups excluding carboxylic acids is 3. The van der Waals surface area contributed by atoms with Crippen molar-refractivity contribution >= 4 is 23.4 Å². The van der Waals surface area contributed by atoms with Gasteiger partial charge in [0.05, 0.1) is 5.69 Å². The molecule has 1 aromatic carbocycles. The smallest absolute Gasteiger partial charge is 0.255 e. The Balaban J connectivity index is 1.50. The van der Waals surface area contributed by atoms with E-state index in [1.54, 1.807) is 6.07 Å². The molecule has 7 nitrogen and oxygen atoms in total. The minimum absolute atomic E-state index is 0.0612. The van der Waals surface area contributed by atoms with Crippen LogP contribution in [0.1, 0.15) is 62.4 Å². The summed E-state index contributed by atoms with van der Waals surface area (Å²) in [5.74, 6) is -1.60. The first-order chi connectivity index (χ1) is 14.1. The summed E-state index contributed by atoms with van der Waals surface area (Å²) in [7, 11) is 0. The second-order valence-electron chi connectivity index (χ2n) is 9.49. The molecule has 4 rings (SSSR count). The molecule has 1 unspecified atom stereocenters. The van der Waals surface area contributed by atoms with Crippen LogP contribution in [0.15, 0.2) is 12.1 Å². The van der Waals surface area contributed by atoms with Crippen LogP contribution in [0.5, 0.6) is 0 Å². The number of carbonyl (C=O) groups is 3. The Morgan fingerprint density at radius 1 is 1.17 bits per heavy atom. The Labute approximate surface area is 176 Å². The Morgan fingerprint density at radius 2 is 1.93 bits per heavy atom. The first-order valence-corrected chi connectivity index (χ1v) is 10.6. The van der Waals surface area contributed by atoms with E-state index in [1.165, 1.54) is 11.0 Å². The van der Waals surface area contributed by atoms with E-state index in [1.807, 2.05) is 0 Å². The molecule has 8 heteroatoms. The van der Waals surface area contributed by atoms with Crippen molar-refractivity contribution < 1.29 is 18.8 Å². The lowest BCUT2D eigenvalue weighted by molar-refractivity contribution is -0.136. The molecule has 0 aromatic heterocycles. The predicted octanol–water partition coefficient (Wildman–Crippen LogP) is 2.26. The molecule has 2 fully saturated rings. The number of halogens is 1. The first-order valence-electron chi connectivity index (χ1n) is 10.6.